The number of amides is 1. The van der Waals surface area contributed by atoms with E-state index in [0.717, 1.165) is 17.9 Å². The lowest BCUT2D eigenvalue weighted by atomic mass is 10.1. The molecule has 0 bridgehead atoms. The summed E-state index contributed by atoms with van der Waals surface area (Å²) < 4.78 is 39.0. The molecule has 0 unspecified atom stereocenters. The fraction of sp³-hybridized carbons (Fsp3) is 0.462. The molecule has 1 rings (SSSR count). The molecule has 3 nitrogen and oxygen atoms in total. The molecule has 0 fully saturated rings. The third-order valence-corrected chi connectivity index (χ3v) is 3.43. The Kier molecular flexibility index (Phi) is 6.35. The zero-order valence-corrected chi connectivity index (χ0v) is 12.1. The van der Waals surface area contributed by atoms with E-state index in [-0.39, 0.29) is 18.0 Å². The molecule has 0 aliphatic carbocycles. The Morgan fingerprint density at radius 3 is 2.40 bits per heavy atom. The molecule has 0 saturated heterocycles. The van der Waals surface area contributed by atoms with Crippen molar-refractivity contribution >= 4 is 17.7 Å². The standard InChI is InChI=1S/C13H17F3N2OS/c1-18(13(19)11(17)3-4-20-2)7-8-5-9(14)12(16)10(15)6-8/h5-6,11H,3-4,7,17H2,1-2H3/t11-/m0/s1. The van der Waals surface area contributed by atoms with Crippen molar-refractivity contribution < 1.29 is 18.0 Å². The summed E-state index contributed by atoms with van der Waals surface area (Å²) in [5, 5.41) is 0. The quantitative estimate of drug-likeness (QED) is 0.819. The predicted octanol–water partition coefficient (Wildman–Crippen LogP) is 2.14. The van der Waals surface area contributed by atoms with Crippen molar-refractivity contribution in [3.63, 3.8) is 0 Å². The van der Waals surface area contributed by atoms with Gasteiger partial charge in [0.05, 0.1) is 6.04 Å². The molecule has 0 spiro atoms. The third kappa shape index (κ3) is 4.42. The average Bonchev–Trinajstić information content (AvgIpc) is 2.41. The van der Waals surface area contributed by atoms with E-state index in [9.17, 15) is 18.0 Å². The summed E-state index contributed by atoms with van der Waals surface area (Å²) in [5.74, 6) is -3.62. The number of hydrogen-bond donors (Lipinski definition) is 1. The highest BCUT2D eigenvalue weighted by molar-refractivity contribution is 7.98. The van der Waals surface area contributed by atoms with Crippen LogP contribution in [-0.4, -0.2) is 35.9 Å². The highest BCUT2D eigenvalue weighted by Gasteiger charge is 2.19. The molecule has 0 heterocycles. The van der Waals surface area contributed by atoms with E-state index in [1.54, 1.807) is 11.8 Å². The lowest BCUT2D eigenvalue weighted by Crippen LogP contribution is -2.41. The van der Waals surface area contributed by atoms with Crippen LogP contribution in [0.25, 0.3) is 0 Å². The topological polar surface area (TPSA) is 46.3 Å². The molecule has 7 heteroatoms. The van der Waals surface area contributed by atoms with Crippen LogP contribution in [0.1, 0.15) is 12.0 Å². The first-order valence-corrected chi connectivity index (χ1v) is 7.39. The Morgan fingerprint density at radius 2 is 1.90 bits per heavy atom. The van der Waals surface area contributed by atoms with Crippen molar-refractivity contribution in [3.8, 4) is 0 Å². The molecular weight excluding hydrogens is 289 g/mol. The minimum absolute atomic E-state index is 0.0279. The van der Waals surface area contributed by atoms with Crippen LogP contribution in [0.4, 0.5) is 13.2 Å². The van der Waals surface area contributed by atoms with Crippen LogP contribution >= 0.6 is 11.8 Å². The maximum absolute atomic E-state index is 13.1. The minimum Gasteiger partial charge on any atom is -0.340 e. The number of halogens is 3. The van der Waals surface area contributed by atoms with E-state index < -0.39 is 23.5 Å². The van der Waals surface area contributed by atoms with Crippen LogP contribution in [0.3, 0.4) is 0 Å². The summed E-state index contributed by atoms with van der Waals surface area (Å²) in [7, 11) is 1.49. The minimum atomic E-state index is -1.51. The van der Waals surface area contributed by atoms with Crippen LogP contribution in [0.2, 0.25) is 0 Å². The summed E-state index contributed by atoms with van der Waals surface area (Å²) in [6, 6.07) is 1.09. The maximum Gasteiger partial charge on any atom is 0.239 e. The number of carbonyl (C=O) groups is 1. The number of benzene rings is 1. The second-order valence-corrected chi connectivity index (χ2v) is 5.44. The fourth-order valence-corrected chi connectivity index (χ4v) is 2.19. The van der Waals surface area contributed by atoms with E-state index >= 15 is 0 Å². The van der Waals surface area contributed by atoms with Crippen molar-refractivity contribution in [1.82, 2.24) is 4.90 Å². The van der Waals surface area contributed by atoms with Crippen molar-refractivity contribution in [2.24, 2.45) is 5.73 Å². The summed E-state index contributed by atoms with van der Waals surface area (Å²) in [6.07, 6.45) is 2.43. The normalized spacial score (nSPS) is 12.3. The monoisotopic (exact) mass is 306 g/mol. The number of carbonyl (C=O) groups excluding carboxylic acids is 1. The van der Waals surface area contributed by atoms with Gasteiger partial charge in [0.1, 0.15) is 0 Å². The van der Waals surface area contributed by atoms with Gasteiger partial charge in [-0.05, 0) is 36.1 Å². The van der Waals surface area contributed by atoms with Gasteiger partial charge in [0.25, 0.3) is 0 Å². The molecule has 0 saturated carbocycles. The Bertz CT molecular complexity index is 462. The van der Waals surface area contributed by atoms with Crippen LogP contribution in [0.15, 0.2) is 12.1 Å². The van der Waals surface area contributed by atoms with E-state index in [4.69, 9.17) is 5.73 Å². The molecule has 0 radical (unpaired) electrons. The molecule has 1 atom stereocenters. The highest BCUT2D eigenvalue weighted by atomic mass is 32.2. The smallest absolute Gasteiger partial charge is 0.239 e. The van der Waals surface area contributed by atoms with Crippen LogP contribution < -0.4 is 5.73 Å². The average molecular weight is 306 g/mol. The van der Waals surface area contributed by atoms with Gasteiger partial charge in [-0.2, -0.15) is 11.8 Å². The van der Waals surface area contributed by atoms with Crippen molar-refractivity contribution in [2.75, 3.05) is 19.1 Å². The van der Waals surface area contributed by atoms with E-state index in [2.05, 4.69) is 0 Å². The van der Waals surface area contributed by atoms with Crippen LogP contribution in [0, 0.1) is 17.5 Å². The SMILES string of the molecule is CSCC[C@H](N)C(=O)N(C)Cc1cc(F)c(F)c(F)c1. The molecular formula is C13H17F3N2OS. The fourth-order valence-electron chi connectivity index (χ4n) is 1.70. The predicted molar refractivity (Wildman–Crippen MR) is 73.8 cm³/mol. The van der Waals surface area contributed by atoms with Gasteiger partial charge in [-0.15, -0.1) is 0 Å². The third-order valence-electron chi connectivity index (χ3n) is 2.79. The second-order valence-electron chi connectivity index (χ2n) is 4.46. The number of hydrogen-bond acceptors (Lipinski definition) is 3. The first-order chi connectivity index (χ1) is 9.36. The lowest BCUT2D eigenvalue weighted by molar-refractivity contribution is -0.131. The highest BCUT2D eigenvalue weighted by Crippen LogP contribution is 2.15. The molecule has 1 aromatic rings. The van der Waals surface area contributed by atoms with Crippen LogP contribution in [-0.2, 0) is 11.3 Å². The number of thioether (sulfide) groups is 1. The van der Waals surface area contributed by atoms with Gasteiger partial charge >= 0.3 is 0 Å². The largest absolute Gasteiger partial charge is 0.340 e. The number of nitrogens with zero attached hydrogens (tertiary/aromatic N) is 1. The molecule has 0 aromatic heterocycles. The van der Waals surface area contributed by atoms with Gasteiger partial charge in [0.15, 0.2) is 17.5 Å². The van der Waals surface area contributed by atoms with Gasteiger partial charge in [-0.25, -0.2) is 13.2 Å². The number of rotatable bonds is 6. The number of likely N-dealkylation sites (N-methyl/N-ethyl adjacent to an activating group) is 1. The number of nitrogens with two attached hydrogens (primary N) is 1. The van der Waals surface area contributed by atoms with E-state index in [0.29, 0.717) is 6.42 Å². The molecule has 2 N–H and O–H groups in total. The zero-order valence-electron chi connectivity index (χ0n) is 11.3. The molecule has 0 aliphatic heterocycles. The van der Waals surface area contributed by atoms with E-state index in [1.807, 2.05) is 6.26 Å². The van der Waals surface area contributed by atoms with Gasteiger partial charge in [-0.1, -0.05) is 0 Å². The summed E-state index contributed by atoms with van der Waals surface area (Å²) in [4.78, 5) is 13.2. The summed E-state index contributed by atoms with van der Waals surface area (Å²) >= 11 is 1.58. The van der Waals surface area contributed by atoms with Crippen molar-refractivity contribution in [1.29, 1.82) is 0 Å². The Labute approximate surface area is 120 Å². The van der Waals surface area contributed by atoms with Crippen molar-refractivity contribution in [2.45, 2.75) is 19.0 Å². The summed E-state index contributed by atoms with van der Waals surface area (Å²) in [6.45, 7) is -0.0279. The van der Waals surface area contributed by atoms with Gasteiger partial charge in [0, 0.05) is 13.6 Å². The molecule has 112 valence electrons. The molecule has 1 aromatic carbocycles. The van der Waals surface area contributed by atoms with Gasteiger partial charge in [-0.3, -0.25) is 4.79 Å². The van der Waals surface area contributed by atoms with Gasteiger partial charge < -0.3 is 10.6 Å². The first kappa shape index (κ1) is 16.8. The Morgan fingerprint density at radius 1 is 1.35 bits per heavy atom. The molecule has 1 amide bonds. The Hall–Kier alpha value is -1.21. The molecule has 20 heavy (non-hydrogen) atoms. The second kappa shape index (κ2) is 7.54. The van der Waals surface area contributed by atoms with Gasteiger partial charge in [0.2, 0.25) is 5.91 Å². The van der Waals surface area contributed by atoms with E-state index in [1.165, 1.54) is 11.9 Å². The van der Waals surface area contributed by atoms with Crippen LogP contribution in [0.5, 0.6) is 0 Å². The molecule has 0 aliphatic rings. The maximum atomic E-state index is 13.1. The summed E-state index contributed by atoms with van der Waals surface area (Å²) in [5.41, 5.74) is 5.90. The first-order valence-electron chi connectivity index (χ1n) is 5.99. The van der Waals surface area contributed by atoms with Crippen molar-refractivity contribution in [3.05, 3.63) is 35.1 Å². The lowest BCUT2D eigenvalue weighted by Gasteiger charge is -2.21. The Balaban J connectivity index is 2.70. The zero-order chi connectivity index (χ0) is 15.3.